The van der Waals surface area contributed by atoms with Crippen LogP contribution in [-0.2, 0) is 11.3 Å². The van der Waals surface area contributed by atoms with Crippen LogP contribution in [-0.4, -0.2) is 29.7 Å². The summed E-state index contributed by atoms with van der Waals surface area (Å²) in [5, 5.41) is 3.53. The number of benzene rings is 2. The molecule has 0 saturated heterocycles. The first-order valence-electron chi connectivity index (χ1n) is 10.7. The van der Waals surface area contributed by atoms with Gasteiger partial charge >= 0.3 is 5.97 Å². The number of carbonyl (C=O) groups excluding carboxylic acids is 1. The van der Waals surface area contributed by atoms with Gasteiger partial charge in [-0.05, 0) is 37.1 Å². The van der Waals surface area contributed by atoms with Gasteiger partial charge in [-0.15, -0.1) is 0 Å². The highest BCUT2D eigenvalue weighted by atomic mass is 16.5. The highest BCUT2D eigenvalue weighted by Gasteiger charge is 2.22. The van der Waals surface area contributed by atoms with Crippen LogP contribution in [0.4, 0.5) is 5.95 Å². The average Bonchev–Trinajstić information content (AvgIpc) is 2.94. The van der Waals surface area contributed by atoms with Gasteiger partial charge in [-0.3, -0.25) is 0 Å². The Morgan fingerprint density at radius 2 is 1.87 bits per heavy atom. The number of nitrogens with one attached hydrogen (secondary N) is 1. The summed E-state index contributed by atoms with van der Waals surface area (Å²) < 4.78 is 12.7. The third-order valence-electron chi connectivity index (χ3n) is 5.93. The maximum absolute atomic E-state index is 12.0. The van der Waals surface area contributed by atoms with Crippen molar-refractivity contribution >= 4 is 23.0 Å². The van der Waals surface area contributed by atoms with Gasteiger partial charge in [0.15, 0.2) is 0 Å². The molecule has 1 aliphatic carbocycles. The van der Waals surface area contributed by atoms with Gasteiger partial charge in [0.25, 0.3) is 0 Å². The Balaban J connectivity index is 1.71. The molecular weight excluding hydrogens is 378 g/mol. The fourth-order valence-corrected chi connectivity index (χ4v) is 4.38. The lowest BCUT2D eigenvalue weighted by Gasteiger charge is -2.21. The summed E-state index contributed by atoms with van der Waals surface area (Å²) in [6.45, 7) is 0.615. The first kappa shape index (κ1) is 20.3. The molecule has 158 valence electrons. The Hall–Kier alpha value is -3.02. The quantitative estimate of drug-likeness (QED) is 0.441. The summed E-state index contributed by atoms with van der Waals surface area (Å²) in [4.78, 5) is 16.9. The standard InChI is InChI=1S/C24H29N3O3/c1-29-22-12-8-7-9-18(22)16-25-24-26-20-15-17(23(28)30-2)13-14-21(20)27(24)19-10-5-3-4-6-11-19/h7-9,12-15,19H,3-6,10-11,16H2,1-2H3,(H,25,26). The van der Waals surface area contributed by atoms with Crippen LogP contribution in [0.5, 0.6) is 5.75 Å². The zero-order chi connectivity index (χ0) is 20.9. The highest BCUT2D eigenvalue weighted by molar-refractivity contribution is 5.94. The first-order chi connectivity index (χ1) is 14.7. The monoisotopic (exact) mass is 407 g/mol. The SMILES string of the molecule is COC(=O)c1ccc2c(c1)nc(NCc1ccccc1OC)n2C1CCCCCC1. The van der Waals surface area contributed by atoms with Crippen LogP contribution in [0.15, 0.2) is 42.5 Å². The lowest BCUT2D eigenvalue weighted by atomic mass is 10.1. The van der Waals surface area contributed by atoms with Crippen LogP contribution in [0.2, 0.25) is 0 Å². The highest BCUT2D eigenvalue weighted by Crippen LogP contribution is 2.34. The number of para-hydroxylation sites is 1. The molecule has 0 unspecified atom stereocenters. The molecule has 0 amide bonds. The van der Waals surface area contributed by atoms with Crippen molar-refractivity contribution in [1.29, 1.82) is 0 Å². The van der Waals surface area contributed by atoms with Crippen LogP contribution in [0.1, 0.15) is 60.5 Å². The van der Waals surface area contributed by atoms with E-state index in [-0.39, 0.29) is 5.97 Å². The molecule has 4 rings (SSSR count). The minimum Gasteiger partial charge on any atom is -0.496 e. The molecule has 6 heteroatoms. The minimum atomic E-state index is -0.343. The van der Waals surface area contributed by atoms with E-state index < -0.39 is 0 Å². The summed E-state index contributed by atoms with van der Waals surface area (Å²) in [6, 6.07) is 14.0. The van der Waals surface area contributed by atoms with Gasteiger partial charge in [0, 0.05) is 18.2 Å². The average molecular weight is 408 g/mol. The van der Waals surface area contributed by atoms with Gasteiger partial charge in [0.1, 0.15) is 5.75 Å². The third kappa shape index (κ3) is 4.13. The number of nitrogens with zero attached hydrogens (tertiary/aromatic N) is 2. The van der Waals surface area contributed by atoms with Crippen LogP contribution in [0, 0.1) is 0 Å². The number of hydrogen-bond donors (Lipinski definition) is 1. The number of esters is 1. The molecule has 0 spiro atoms. The van der Waals surface area contributed by atoms with Crippen molar-refractivity contribution in [1.82, 2.24) is 9.55 Å². The molecular formula is C24H29N3O3. The molecule has 1 fully saturated rings. The van der Waals surface area contributed by atoms with Crippen LogP contribution in [0.3, 0.4) is 0 Å². The molecule has 1 N–H and O–H groups in total. The van der Waals surface area contributed by atoms with E-state index in [1.165, 1.54) is 32.8 Å². The van der Waals surface area contributed by atoms with Crippen molar-refractivity contribution in [3.05, 3.63) is 53.6 Å². The van der Waals surface area contributed by atoms with Crippen LogP contribution < -0.4 is 10.1 Å². The molecule has 1 heterocycles. The number of hydrogen-bond acceptors (Lipinski definition) is 5. The van der Waals surface area contributed by atoms with E-state index in [4.69, 9.17) is 14.5 Å². The second-order valence-electron chi connectivity index (χ2n) is 7.81. The van der Waals surface area contributed by atoms with Crippen molar-refractivity contribution in [2.45, 2.75) is 51.1 Å². The van der Waals surface area contributed by atoms with E-state index >= 15 is 0 Å². The van der Waals surface area contributed by atoms with Crippen molar-refractivity contribution < 1.29 is 14.3 Å². The molecule has 1 aliphatic rings. The molecule has 2 aromatic carbocycles. The lowest BCUT2D eigenvalue weighted by molar-refractivity contribution is 0.0601. The Labute approximate surface area is 177 Å². The molecule has 30 heavy (non-hydrogen) atoms. The predicted octanol–water partition coefficient (Wildman–Crippen LogP) is 5.34. The van der Waals surface area contributed by atoms with E-state index in [1.54, 1.807) is 7.11 Å². The maximum Gasteiger partial charge on any atom is 0.337 e. The third-order valence-corrected chi connectivity index (χ3v) is 5.93. The van der Waals surface area contributed by atoms with Crippen LogP contribution in [0.25, 0.3) is 11.0 Å². The number of ether oxygens (including phenoxy) is 2. The Morgan fingerprint density at radius 1 is 1.10 bits per heavy atom. The number of anilines is 1. The second kappa shape index (κ2) is 9.20. The Morgan fingerprint density at radius 3 is 2.60 bits per heavy atom. The van der Waals surface area contributed by atoms with E-state index in [9.17, 15) is 4.79 Å². The number of fused-ring (bicyclic) bond motifs is 1. The lowest BCUT2D eigenvalue weighted by Crippen LogP contribution is -2.13. The number of methoxy groups -OCH3 is 2. The van der Waals surface area contributed by atoms with Gasteiger partial charge in [0.05, 0.1) is 30.8 Å². The predicted molar refractivity (Wildman–Crippen MR) is 118 cm³/mol. The zero-order valence-corrected chi connectivity index (χ0v) is 17.7. The molecule has 6 nitrogen and oxygen atoms in total. The van der Waals surface area contributed by atoms with E-state index in [2.05, 4.69) is 16.0 Å². The number of rotatable bonds is 6. The largest absolute Gasteiger partial charge is 0.496 e. The number of aromatic nitrogens is 2. The molecule has 1 saturated carbocycles. The molecule has 3 aromatic rings. The van der Waals surface area contributed by atoms with Gasteiger partial charge < -0.3 is 19.4 Å². The molecule has 0 atom stereocenters. The van der Waals surface area contributed by atoms with Crippen molar-refractivity contribution in [2.24, 2.45) is 0 Å². The van der Waals surface area contributed by atoms with Gasteiger partial charge in [0.2, 0.25) is 5.95 Å². The smallest absolute Gasteiger partial charge is 0.337 e. The van der Waals surface area contributed by atoms with E-state index in [0.29, 0.717) is 18.2 Å². The topological polar surface area (TPSA) is 65.4 Å². The normalized spacial score (nSPS) is 15.0. The fraction of sp³-hybridized carbons (Fsp3) is 0.417. The van der Waals surface area contributed by atoms with Crippen molar-refractivity contribution in [3.63, 3.8) is 0 Å². The van der Waals surface area contributed by atoms with Gasteiger partial charge in [-0.1, -0.05) is 43.9 Å². The van der Waals surface area contributed by atoms with Crippen LogP contribution >= 0.6 is 0 Å². The number of imidazole rings is 1. The second-order valence-corrected chi connectivity index (χ2v) is 7.81. The van der Waals surface area contributed by atoms with E-state index in [0.717, 1.165) is 41.1 Å². The molecule has 0 aliphatic heterocycles. The first-order valence-corrected chi connectivity index (χ1v) is 10.7. The summed E-state index contributed by atoms with van der Waals surface area (Å²) in [5.41, 5.74) is 3.46. The summed E-state index contributed by atoms with van der Waals surface area (Å²) in [5.74, 6) is 1.35. The van der Waals surface area contributed by atoms with Crippen molar-refractivity contribution in [3.8, 4) is 5.75 Å². The summed E-state index contributed by atoms with van der Waals surface area (Å²) in [7, 11) is 3.09. The minimum absolute atomic E-state index is 0.343. The molecule has 1 aromatic heterocycles. The van der Waals surface area contributed by atoms with E-state index in [1.807, 2.05) is 36.4 Å². The molecule has 0 bridgehead atoms. The maximum atomic E-state index is 12.0. The number of carbonyl (C=O) groups is 1. The van der Waals surface area contributed by atoms with Gasteiger partial charge in [-0.2, -0.15) is 0 Å². The fourth-order valence-electron chi connectivity index (χ4n) is 4.38. The Kier molecular flexibility index (Phi) is 6.21. The van der Waals surface area contributed by atoms with Crippen molar-refractivity contribution in [2.75, 3.05) is 19.5 Å². The summed E-state index contributed by atoms with van der Waals surface area (Å²) in [6.07, 6.45) is 7.34. The molecule has 0 radical (unpaired) electrons. The van der Waals surface area contributed by atoms with Gasteiger partial charge in [-0.25, -0.2) is 9.78 Å². The Bertz CT molecular complexity index is 1020. The zero-order valence-electron chi connectivity index (χ0n) is 17.7. The summed E-state index contributed by atoms with van der Waals surface area (Å²) >= 11 is 0.